The Morgan fingerprint density at radius 3 is 2.67 bits per heavy atom. The van der Waals surface area contributed by atoms with Crippen LogP contribution in [0.5, 0.6) is 0 Å². The maximum Gasteiger partial charge on any atom is 0.222 e. The number of likely N-dealkylation sites (N-methyl/N-ethyl adjacent to an activating group) is 1. The average Bonchev–Trinajstić information content (AvgIpc) is 2.95. The minimum atomic E-state index is 0.382. The first-order valence-corrected chi connectivity index (χ1v) is 7.43. The summed E-state index contributed by atoms with van der Waals surface area (Å²) in [6.07, 6.45) is 4.49. The molecule has 3 aliphatic rings. The van der Waals surface area contributed by atoms with Crippen molar-refractivity contribution in [2.75, 3.05) is 46.3 Å². The van der Waals surface area contributed by atoms with Crippen LogP contribution >= 0.6 is 0 Å². The fourth-order valence-electron chi connectivity index (χ4n) is 3.54. The van der Waals surface area contributed by atoms with Gasteiger partial charge in [-0.2, -0.15) is 0 Å². The third kappa shape index (κ3) is 2.54. The van der Waals surface area contributed by atoms with Gasteiger partial charge in [-0.25, -0.2) is 0 Å². The first kappa shape index (κ1) is 12.4. The summed E-state index contributed by atoms with van der Waals surface area (Å²) in [6.45, 7) is 6.95. The van der Waals surface area contributed by atoms with Crippen LogP contribution in [0, 0.1) is 5.92 Å². The molecule has 0 aromatic heterocycles. The van der Waals surface area contributed by atoms with E-state index in [0.29, 0.717) is 5.91 Å². The van der Waals surface area contributed by atoms with Gasteiger partial charge < -0.3 is 14.7 Å². The van der Waals surface area contributed by atoms with E-state index in [-0.39, 0.29) is 0 Å². The van der Waals surface area contributed by atoms with Crippen LogP contribution in [-0.2, 0) is 4.79 Å². The van der Waals surface area contributed by atoms with Gasteiger partial charge in [0.25, 0.3) is 0 Å². The number of likely N-dealkylation sites (tertiary alicyclic amines) is 3. The van der Waals surface area contributed by atoms with E-state index in [0.717, 1.165) is 37.9 Å². The van der Waals surface area contributed by atoms with Crippen molar-refractivity contribution in [2.24, 2.45) is 5.92 Å². The second-order valence-corrected chi connectivity index (χ2v) is 6.28. The SMILES string of the molecule is CN1CCC1CN1CCC(CN2CCCC2=O)C1. The molecule has 3 heterocycles. The highest BCUT2D eigenvalue weighted by Gasteiger charge is 2.32. The fourth-order valence-corrected chi connectivity index (χ4v) is 3.54. The van der Waals surface area contributed by atoms with Gasteiger partial charge in [-0.05, 0) is 45.3 Å². The van der Waals surface area contributed by atoms with Crippen LogP contribution in [0.15, 0.2) is 0 Å². The molecule has 0 radical (unpaired) electrons. The Balaban J connectivity index is 1.42. The zero-order valence-corrected chi connectivity index (χ0v) is 11.5. The van der Waals surface area contributed by atoms with Crippen molar-refractivity contribution in [3.8, 4) is 0 Å². The Kier molecular flexibility index (Phi) is 3.57. The van der Waals surface area contributed by atoms with E-state index in [2.05, 4.69) is 21.7 Å². The van der Waals surface area contributed by atoms with Gasteiger partial charge >= 0.3 is 0 Å². The lowest BCUT2D eigenvalue weighted by atomic mass is 10.0. The van der Waals surface area contributed by atoms with E-state index in [9.17, 15) is 4.79 Å². The van der Waals surface area contributed by atoms with Gasteiger partial charge in [0.15, 0.2) is 0 Å². The molecule has 4 nitrogen and oxygen atoms in total. The Labute approximate surface area is 110 Å². The molecule has 2 atom stereocenters. The molecule has 3 saturated heterocycles. The van der Waals surface area contributed by atoms with Crippen molar-refractivity contribution in [2.45, 2.75) is 31.7 Å². The van der Waals surface area contributed by atoms with Crippen LogP contribution in [0.4, 0.5) is 0 Å². The molecular weight excluding hydrogens is 226 g/mol. The number of carbonyl (C=O) groups is 1. The van der Waals surface area contributed by atoms with Crippen molar-refractivity contribution >= 4 is 5.91 Å². The summed E-state index contributed by atoms with van der Waals surface area (Å²) in [6, 6.07) is 0.789. The van der Waals surface area contributed by atoms with E-state index in [1.165, 1.54) is 39.0 Å². The lowest BCUT2D eigenvalue weighted by molar-refractivity contribution is -0.128. The van der Waals surface area contributed by atoms with E-state index in [4.69, 9.17) is 0 Å². The predicted molar refractivity (Wildman–Crippen MR) is 71.4 cm³/mol. The third-order valence-corrected chi connectivity index (χ3v) is 4.93. The van der Waals surface area contributed by atoms with Crippen molar-refractivity contribution in [1.82, 2.24) is 14.7 Å². The summed E-state index contributed by atoms with van der Waals surface area (Å²) in [5.74, 6) is 1.10. The molecule has 102 valence electrons. The maximum atomic E-state index is 11.6. The van der Waals surface area contributed by atoms with Gasteiger partial charge in [0.1, 0.15) is 0 Å². The van der Waals surface area contributed by atoms with Gasteiger partial charge in [-0.3, -0.25) is 4.79 Å². The van der Waals surface area contributed by atoms with Crippen LogP contribution in [0.1, 0.15) is 25.7 Å². The van der Waals surface area contributed by atoms with Crippen LogP contribution in [-0.4, -0.2) is 73.0 Å². The minimum Gasteiger partial charge on any atom is -0.342 e. The van der Waals surface area contributed by atoms with Gasteiger partial charge in [0.05, 0.1) is 0 Å². The summed E-state index contributed by atoms with van der Waals surface area (Å²) < 4.78 is 0. The molecule has 0 aromatic rings. The summed E-state index contributed by atoms with van der Waals surface area (Å²) >= 11 is 0. The minimum absolute atomic E-state index is 0.382. The van der Waals surface area contributed by atoms with E-state index in [1.807, 2.05) is 0 Å². The number of amides is 1. The smallest absolute Gasteiger partial charge is 0.222 e. The third-order valence-electron chi connectivity index (χ3n) is 4.93. The molecule has 0 aliphatic carbocycles. The molecule has 1 amide bonds. The Morgan fingerprint density at radius 1 is 1.17 bits per heavy atom. The highest BCUT2D eigenvalue weighted by molar-refractivity contribution is 5.78. The number of hydrogen-bond donors (Lipinski definition) is 0. The molecular formula is C14H25N3O. The molecule has 3 rings (SSSR count). The molecule has 0 aromatic carbocycles. The summed E-state index contributed by atoms with van der Waals surface area (Å²) in [7, 11) is 2.23. The second-order valence-electron chi connectivity index (χ2n) is 6.28. The van der Waals surface area contributed by atoms with E-state index >= 15 is 0 Å². The van der Waals surface area contributed by atoms with Gasteiger partial charge in [-0.15, -0.1) is 0 Å². The fraction of sp³-hybridized carbons (Fsp3) is 0.929. The van der Waals surface area contributed by atoms with Crippen LogP contribution < -0.4 is 0 Å². The van der Waals surface area contributed by atoms with Crippen molar-refractivity contribution in [3.05, 3.63) is 0 Å². The monoisotopic (exact) mass is 251 g/mol. The normalized spacial score (nSPS) is 34.3. The topological polar surface area (TPSA) is 26.8 Å². The lowest BCUT2D eigenvalue weighted by Gasteiger charge is -2.40. The number of carbonyl (C=O) groups excluding carboxylic acids is 1. The Hall–Kier alpha value is -0.610. The summed E-state index contributed by atoms with van der Waals surface area (Å²) in [4.78, 5) is 18.8. The van der Waals surface area contributed by atoms with Crippen LogP contribution in [0.2, 0.25) is 0 Å². The van der Waals surface area contributed by atoms with E-state index in [1.54, 1.807) is 0 Å². The number of nitrogens with zero attached hydrogens (tertiary/aromatic N) is 3. The molecule has 0 saturated carbocycles. The van der Waals surface area contributed by atoms with Gasteiger partial charge in [-0.1, -0.05) is 0 Å². The molecule has 2 unspecified atom stereocenters. The largest absolute Gasteiger partial charge is 0.342 e. The quantitative estimate of drug-likeness (QED) is 0.733. The zero-order chi connectivity index (χ0) is 12.5. The molecule has 4 heteroatoms. The van der Waals surface area contributed by atoms with Gasteiger partial charge in [0, 0.05) is 38.6 Å². The molecule has 0 spiro atoms. The predicted octanol–water partition coefficient (Wildman–Crippen LogP) is 0.635. The van der Waals surface area contributed by atoms with Crippen molar-refractivity contribution in [3.63, 3.8) is 0 Å². The lowest BCUT2D eigenvalue weighted by Crippen LogP contribution is -2.50. The molecule has 18 heavy (non-hydrogen) atoms. The average molecular weight is 251 g/mol. The summed E-state index contributed by atoms with van der Waals surface area (Å²) in [5, 5.41) is 0. The van der Waals surface area contributed by atoms with Crippen molar-refractivity contribution < 1.29 is 4.79 Å². The number of hydrogen-bond acceptors (Lipinski definition) is 3. The zero-order valence-electron chi connectivity index (χ0n) is 11.5. The Bertz CT molecular complexity index is 320. The first-order valence-electron chi connectivity index (χ1n) is 7.43. The standard InChI is InChI=1S/C14H25N3O/c1-15-7-5-13(15)11-16-8-4-12(9-16)10-17-6-2-3-14(17)18/h12-13H,2-11H2,1H3. The highest BCUT2D eigenvalue weighted by atomic mass is 16.2. The maximum absolute atomic E-state index is 11.6. The molecule has 0 bridgehead atoms. The van der Waals surface area contributed by atoms with E-state index < -0.39 is 0 Å². The Morgan fingerprint density at radius 2 is 2.06 bits per heavy atom. The van der Waals surface area contributed by atoms with Crippen molar-refractivity contribution in [1.29, 1.82) is 0 Å². The number of rotatable bonds is 4. The first-order chi connectivity index (χ1) is 8.72. The van der Waals surface area contributed by atoms with Crippen LogP contribution in [0.25, 0.3) is 0 Å². The van der Waals surface area contributed by atoms with Gasteiger partial charge in [0.2, 0.25) is 5.91 Å². The highest BCUT2D eigenvalue weighted by Crippen LogP contribution is 2.23. The molecule has 0 N–H and O–H groups in total. The summed E-state index contributed by atoms with van der Waals surface area (Å²) in [5.41, 5.74) is 0. The second kappa shape index (κ2) is 5.17. The van der Waals surface area contributed by atoms with Crippen LogP contribution in [0.3, 0.4) is 0 Å². The molecule has 3 fully saturated rings. The molecule has 3 aliphatic heterocycles.